The summed E-state index contributed by atoms with van der Waals surface area (Å²) in [5.74, 6) is -0.426. The van der Waals surface area contributed by atoms with Crippen LogP contribution >= 0.6 is 11.3 Å². The van der Waals surface area contributed by atoms with E-state index in [4.69, 9.17) is 4.74 Å². The molecule has 3 heterocycles. The highest BCUT2D eigenvalue weighted by atomic mass is 32.1. The minimum atomic E-state index is -0.228. The van der Waals surface area contributed by atoms with E-state index < -0.39 is 0 Å². The predicted octanol–water partition coefficient (Wildman–Crippen LogP) is 4.47. The van der Waals surface area contributed by atoms with E-state index in [2.05, 4.69) is 47.2 Å². The van der Waals surface area contributed by atoms with Crippen LogP contribution in [0, 0.1) is 12.8 Å². The summed E-state index contributed by atoms with van der Waals surface area (Å²) in [5.41, 5.74) is 3.07. The molecule has 3 aromatic rings. The van der Waals surface area contributed by atoms with Crippen molar-refractivity contribution in [3.8, 4) is 0 Å². The normalized spacial score (nSPS) is 16.9. The molecule has 0 unspecified atom stereocenters. The number of hydrogen-bond donors (Lipinski definition) is 0. The lowest BCUT2D eigenvalue weighted by Crippen LogP contribution is -2.43. The van der Waals surface area contributed by atoms with E-state index in [1.807, 2.05) is 17.9 Å². The number of carbonyl (C=O) groups excluding carboxylic acids is 2. The number of benzene rings is 1. The third-order valence-corrected chi connectivity index (χ3v) is 6.42. The molecule has 0 bridgehead atoms. The first-order valence-electron chi connectivity index (χ1n) is 10.1. The summed E-state index contributed by atoms with van der Waals surface area (Å²) in [4.78, 5) is 28.5. The van der Waals surface area contributed by atoms with E-state index in [1.54, 1.807) is 11.3 Å². The Labute approximate surface area is 174 Å². The van der Waals surface area contributed by atoms with Gasteiger partial charge in [-0.05, 0) is 49.8 Å². The number of carbonyl (C=O) groups is 2. The second-order valence-corrected chi connectivity index (χ2v) is 8.52. The van der Waals surface area contributed by atoms with Gasteiger partial charge in [-0.1, -0.05) is 29.8 Å². The van der Waals surface area contributed by atoms with E-state index in [0.29, 0.717) is 31.9 Å². The first kappa shape index (κ1) is 19.7. The van der Waals surface area contributed by atoms with Crippen molar-refractivity contribution in [2.45, 2.75) is 33.2 Å². The number of esters is 1. The number of fused-ring (bicyclic) bond motifs is 1. The van der Waals surface area contributed by atoms with Crippen LogP contribution in [0.1, 0.15) is 41.4 Å². The molecule has 5 nitrogen and oxygen atoms in total. The quantitative estimate of drug-likeness (QED) is 0.583. The Morgan fingerprint density at radius 2 is 2.10 bits per heavy atom. The molecule has 6 heteroatoms. The zero-order valence-corrected chi connectivity index (χ0v) is 17.7. The average Bonchev–Trinajstić information content (AvgIpc) is 3.30. The fourth-order valence-electron chi connectivity index (χ4n) is 4.08. The van der Waals surface area contributed by atoms with Gasteiger partial charge in [0, 0.05) is 25.0 Å². The molecule has 0 spiro atoms. The second kappa shape index (κ2) is 8.41. The van der Waals surface area contributed by atoms with E-state index in [0.717, 1.165) is 23.1 Å². The van der Waals surface area contributed by atoms with Gasteiger partial charge in [-0.3, -0.25) is 9.59 Å². The summed E-state index contributed by atoms with van der Waals surface area (Å²) in [6, 6.07) is 12.4. The Hall–Kier alpha value is -2.60. The number of likely N-dealkylation sites (tertiary alicyclic amines) is 1. The first-order valence-corrected chi connectivity index (χ1v) is 11.0. The Kier molecular flexibility index (Phi) is 5.72. The van der Waals surface area contributed by atoms with Crippen LogP contribution in [0.25, 0.3) is 10.2 Å². The van der Waals surface area contributed by atoms with Gasteiger partial charge in [0.25, 0.3) is 5.91 Å². The fraction of sp³-hybridized carbons (Fsp3) is 0.391. The number of hydrogen-bond acceptors (Lipinski definition) is 4. The van der Waals surface area contributed by atoms with Gasteiger partial charge in [-0.15, -0.1) is 11.3 Å². The standard InChI is InChI=1S/C23H26N2O3S/c1-3-28-23(27)19-8-5-10-24(15-19)21(26)20-13-18-9-11-29-22(18)25(20)14-17-7-4-6-16(2)12-17/h4,6-7,9,11-13,19H,3,5,8,10,14-15H2,1-2H3/t19-/m0/s1. The largest absolute Gasteiger partial charge is 0.466 e. The maximum atomic E-state index is 13.4. The lowest BCUT2D eigenvalue weighted by Gasteiger charge is -2.31. The maximum absolute atomic E-state index is 13.4. The lowest BCUT2D eigenvalue weighted by molar-refractivity contribution is -0.149. The molecule has 2 aromatic heterocycles. The number of amides is 1. The zero-order valence-electron chi connectivity index (χ0n) is 16.9. The van der Waals surface area contributed by atoms with Crippen LogP contribution < -0.4 is 0 Å². The van der Waals surface area contributed by atoms with Crippen LogP contribution in [-0.2, 0) is 16.1 Å². The molecule has 0 radical (unpaired) electrons. The monoisotopic (exact) mass is 410 g/mol. The van der Waals surface area contributed by atoms with Crippen LogP contribution in [-0.4, -0.2) is 41.0 Å². The molecule has 0 aliphatic carbocycles. The van der Waals surface area contributed by atoms with Gasteiger partial charge in [0.15, 0.2) is 0 Å². The zero-order chi connectivity index (χ0) is 20.4. The summed E-state index contributed by atoms with van der Waals surface area (Å²) in [7, 11) is 0. The van der Waals surface area contributed by atoms with Crippen molar-refractivity contribution in [1.29, 1.82) is 0 Å². The summed E-state index contributed by atoms with van der Waals surface area (Å²) < 4.78 is 7.30. The number of thiophene rings is 1. The number of aryl methyl sites for hydroxylation is 1. The number of nitrogens with zero attached hydrogens (tertiary/aromatic N) is 2. The second-order valence-electron chi connectivity index (χ2n) is 7.63. The Bertz CT molecular complexity index is 1040. The smallest absolute Gasteiger partial charge is 0.310 e. The Morgan fingerprint density at radius 3 is 2.90 bits per heavy atom. The van der Waals surface area contributed by atoms with E-state index in [1.165, 1.54) is 11.1 Å². The van der Waals surface area contributed by atoms with E-state index >= 15 is 0 Å². The van der Waals surface area contributed by atoms with Gasteiger partial charge in [-0.25, -0.2) is 0 Å². The van der Waals surface area contributed by atoms with E-state index in [-0.39, 0.29) is 17.8 Å². The maximum Gasteiger partial charge on any atom is 0.310 e. The molecule has 152 valence electrons. The Morgan fingerprint density at radius 1 is 1.24 bits per heavy atom. The number of piperidine rings is 1. The van der Waals surface area contributed by atoms with Crippen LogP contribution in [0.15, 0.2) is 41.8 Å². The number of ether oxygens (including phenoxy) is 1. The van der Waals surface area contributed by atoms with Crippen molar-refractivity contribution in [2.75, 3.05) is 19.7 Å². The van der Waals surface area contributed by atoms with Crippen molar-refractivity contribution < 1.29 is 14.3 Å². The van der Waals surface area contributed by atoms with Crippen LogP contribution in [0.5, 0.6) is 0 Å². The van der Waals surface area contributed by atoms with Crippen LogP contribution in [0.2, 0.25) is 0 Å². The van der Waals surface area contributed by atoms with Gasteiger partial charge in [-0.2, -0.15) is 0 Å². The van der Waals surface area contributed by atoms with Gasteiger partial charge >= 0.3 is 5.97 Å². The molecule has 0 saturated carbocycles. The molecule has 1 fully saturated rings. The summed E-state index contributed by atoms with van der Waals surface area (Å²) in [5, 5.41) is 3.15. The average molecular weight is 411 g/mol. The third kappa shape index (κ3) is 4.08. The SMILES string of the molecule is CCOC(=O)[C@H]1CCCN(C(=O)c2cc3ccsc3n2Cc2cccc(C)c2)C1. The van der Waals surface area contributed by atoms with Crippen molar-refractivity contribution in [3.63, 3.8) is 0 Å². The molecule has 1 amide bonds. The van der Waals surface area contributed by atoms with Gasteiger partial charge in [0.05, 0.1) is 12.5 Å². The molecule has 1 atom stereocenters. The summed E-state index contributed by atoms with van der Waals surface area (Å²) >= 11 is 1.65. The van der Waals surface area contributed by atoms with Gasteiger partial charge in [0.2, 0.25) is 0 Å². The van der Waals surface area contributed by atoms with Crippen molar-refractivity contribution in [3.05, 3.63) is 58.6 Å². The first-order chi connectivity index (χ1) is 14.1. The van der Waals surface area contributed by atoms with Crippen molar-refractivity contribution in [1.82, 2.24) is 9.47 Å². The third-order valence-electron chi connectivity index (χ3n) is 5.47. The van der Waals surface area contributed by atoms with Crippen molar-refractivity contribution in [2.24, 2.45) is 5.92 Å². The minimum Gasteiger partial charge on any atom is -0.466 e. The molecule has 0 N–H and O–H groups in total. The molecular weight excluding hydrogens is 384 g/mol. The highest BCUT2D eigenvalue weighted by Gasteiger charge is 2.31. The van der Waals surface area contributed by atoms with Crippen LogP contribution in [0.3, 0.4) is 0 Å². The topological polar surface area (TPSA) is 51.5 Å². The molecule has 1 aliphatic heterocycles. The molecular formula is C23H26N2O3S. The molecule has 1 saturated heterocycles. The summed E-state index contributed by atoms with van der Waals surface area (Å²) in [6.45, 7) is 6.03. The number of rotatable bonds is 5. The summed E-state index contributed by atoms with van der Waals surface area (Å²) in [6.07, 6.45) is 1.60. The highest BCUT2D eigenvalue weighted by molar-refractivity contribution is 7.16. The molecule has 1 aromatic carbocycles. The molecule has 1 aliphatic rings. The highest BCUT2D eigenvalue weighted by Crippen LogP contribution is 2.28. The van der Waals surface area contributed by atoms with E-state index in [9.17, 15) is 9.59 Å². The van der Waals surface area contributed by atoms with Gasteiger partial charge in [0.1, 0.15) is 10.5 Å². The molecule has 29 heavy (non-hydrogen) atoms. The minimum absolute atomic E-state index is 0.00458. The fourth-order valence-corrected chi connectivity index (χ4v) is 4.98. The van der Waals surface area contributed by atoms with Crippen molar-refractivity contribution >= 4 is 33.4 Å². The van der Waals surface area contributed by atoms with Crippen LogP contribution in [0.4, 0.5) is 0 Å². The molecule has 4 rings (SSSR count). The van der Waals surface area contributed by atoms with Gasteiger partial charge < -0.3 is 14.2 Å². The Balaban J connectivity index is 1.62. The lowest BCUT2D eigenvalue weighted by atomic mass is 9.98. The predicted molar refractivity (Wildman–Crippen MR) is 115 cm³/mol. The number of aromatic nitrogens is 1.